The van der Waals surface area contributed by atoms with Gasteiger partial charge < -0.3 is 9.64 Å². The first-order valence-corrected chi connectivity index (χ1v) is 9.60. The fourth-order valence-corrected chi connectivity index (χ4v) is 3.95. The van der Waals surface area contributed by atoms with Crippen molar-refractivity contribution in [3.05, 3.63) is 35.1 Å². The van der Waals surface area contributed by atoms with Crippen molar-refractivity contribution in [1.82, 2.24) is 19.8 Å². The lowest BCUT2D eigenvalue weighted by molar-refractivity contribution is 0.0320. The molecule has 25 heavy (non-hydrogen) atoms. The van der Waals surface area contributed by atoms with E-state index in [2.05, 4.69) is 26.9 Å². The highest BCUT2D eigenvalue weighted by Crippen LogP contribution is 2.28. The Labute approximate surface area is 153 Å². The molecule has 2 aliphatic heterocycles. The maximum Gasteiger partial charge on any atom is 0.159 e. The van der Waals surface area contributed by atoms with Gasteiger partial charge in [0, 0.05) is 49.4 Å². The number of ether oxygens (including phenoxy) is 1. The van der Waals surface area contributed by atoms with Gasteiger partial charge in [0.05, 0.1) is 18.2 Å². The van der Waals surface area contributed by atoms with Crippen LogP contribution >= 0.6 is 11.6 Å². The van der Waals surface area contributed by atoms with Crippen LogP contribution in [0, 0.1) is 0 Å². The van der Waals surface area contributed by atoms with Crippen LogP contribution in [0.5, 0.6) is 0 Å². The van der Waals surface area contributed by atoms with Crippen LogP contribution in [0.4, 0.5) is 0 Å². The van der Waals surface area contributed by atoms with E-state index < -0.39 is 0 Å². The number of likely N-dealkylation sites (tertiary alicyclic amines) is 1. The Kier molecular flexibility index (Phi) is 5.46. The molecular formula is C19H25ClN4O. The van der Waals surface area contributed by atoms with E-state index in [1.807, 2.05) is 6.07 Å². The minimum atomic E-state index is 0.543. The molecule has 0 atom stereocenters. The number of halogens is 1. The molecule has 0 bridgehead atoms. The average molecular weight is 361 g/mol. The van der Waals surface area contributed by atoms with Crippen molar-refractivity contribution in [3.8, 4) is 0 Å². The van der Waals surface area contributed by atoms with Crippen LogP contribution in [0.15, 0.2) is 24.4 Å². The fraction of sp³-hybridized carbons (Fsp3) is 0.579. The molecule has 4 rings (SSSR count). The normalized spacial score (nSPS) is 21.0. The summed E-state index contributed by atoms with van der Waals surface area (Å²) in [4.78, 5) is 14.2. The van der Waals surface area contributed by atoms with Crippen molar-refractivity contribution >= 4 is 22.6 Å². The third-order valence-electron chi connectivity index (χ3n) is 5.37. The number of fused-ring (bicyclic) bond motifs is 1. The topological polar surface area (TPSA) is 41.5 Å². The lowest BCUT2D eigenvalue weighted by Crippen LogP contribution is -2.43. The molecule has 0 aromatic carbocycles. The number of pyridine rings is 2. The van der Waals surface area contributed by atoms with Gasteiger partial charge in [-0.3, -0.25) is 4.90 Å². The zero-order chi connectivity index (χ0) is 17.1. The molecule has 2 aromatic rings. The molecule has 0 unspecified atom stereocenters. The molecule has 0 aliphatic carbocycles. The van der Waals surface area contributed by atoms with Gasteiger partial charge in [0.2, 0.25) is 0 Å². The second-order valence-corrected chi connectivity index (χ2v) is 7.44. The molecule has 5 nitrogen and oxygen atoms in total. The highest BCUT2D eigenvalue weighted by atomic mass is 35.5. The summed E-state index contributed by atoms with van der Waals surface area (Å²) >= 11 is 6.00. The van der Waals surface area contributed by atoms with Gasteiger partial charge in [0.25, 0.3) is 0 Å². The average Bonchev–Trinajstić information content (AvgIpc) is 2.67. The summed E-state index contributed by atoms with van der Waals surface area (Å²) in [6, 6.07) is 6.17. The zero-order valence-corrected chi connectivity index (χ0v) is 15.3. The molecule has 134 valence electrons. The van der Waals surface area contributed by atoms with E-state index in [0.29, 0.717) is 10.9 Å². The maximum absolute atomic E-state index is 6.00. The monoisotopic (exact) mass is 360 g/mol. The Morgan fingerprint density at radius 1 is 1.04 bits per heavy atom. The standard InChI is InChI=1S/C19H25ClN4O/c20-17-13-16-1-2-18(22-19(16)21-14-17)15-3-5-23(6-4-15)7-8-24-9-11-25-12-10-24/h1-2,13-15H,3-12H2. The van der Waals surface area contributed by atoms with Gasteiger partial charge in [-0.25, -0.2) is 9.97 Å². The van der Waals surface area contributed by atoms with E-state index >= 15 is 0 Å². The van der Waals surface area contributed by atoms with Crippen molar-refractivity contribution in [2.75, 3.05) is 52.5 Å². The highest BCUT2D eigenvalue weighted by molar-refractivity contribution is 6.31. The van der Waals surface area contributed by atoms with Crippen LogP contribution in [0.1, 0.15) is 24.5 Å². The van der Waals surface area contributed by atoms with Crippen molar-refractivity contribution in [1.29, 1.82) is 0 Å². The minimum absolute atomic E-state index is 0.543. The van der Waals surface area contributed by atoms with Crippen molar-refractivity contribution in [3.63, 3.8) is 0 Å². The summed E-state index contributed by atoms with van der Waals surface area (Å²) in [6.45, 7) is 8.56. The summed E-state index contributed by atoms with van der Waals surface area (Å²) < 4.78 is 5.42. The van der Waals surface area contributed by atoms with Gasteiger partial charge in [0.15, 0.2) is 5.65 Å². The van der Waals surface area contributed by atoms with E-state index in [1.54, 1.807) is 6.20 Å². The molecule has 2 aromatic heterocycles. The van der Waals surface area contributed by atoms with Crippen molar-refractivity contribution < 1.29 is 4.74 Å². The van der Waals surface area contributed by atoms with Crippen LogP contribution in [-0.4, -0.2) is 72.3 Å². The van der Waals surface area contributed by atoms with Crippen LogP contribution in [0.25, 0.3) is 11.0 Å². The number of hydrogen-bond acceptors (Lipinski definition) is 5. The molecule has 4 heterocycles. The molecule has 0 N–H and O–H groups in total. The maximum atomic E-state index is 6.00. The largest absolute Gasteiger partial charge is 0.379 e. The van der Waals surface area contributed by atoms with Gasteiger partial charge in [-0.2, -0.15) is 0 Å². The first kappa shape index (κ1) is 17.2. The Morgan fingerprint density at radius 3 is 2.52 bits per heavy atom. The summed E-state index contributed by atoms with van der Waals surface area (Å²) in [6.07, 6.45) is 4.03. The molecule has 0 saturated carbocycles. The Bertz CT molecular complexity index is 712. The third-order valence-corrected chi connectivity index (χ3v) is 5.58. The summed E-state index contributed by atoms with van der Waals surface area (Å²) in [5, 5.41) is 1.68. The molecule has 2 fully saturated rings. The number of hydrogen-bond donors (Lipinski definition) is 0. The van der Waals surface area contributed by atoms with Crippen LogP contribution in [0.3, 0.4) is 0 Å². The smallest absolute Gasteiger partial charge is 0.159 e. The van der Waals surface area contributed by atoms with Crippen LogP contribution in [0.2, 0.25) is 5.02 Å². The highest BCUT2D eigenvalue weighted by Gasteiger charge is 2.22. The van der Waals surface area contributed by atoms with E-state index in [9.17, 15) is 0 Å². The molecule has 2 aliphatic rings. The number of rotatable bonds is 4. The molecular weight excluding hydrogens is 336 g/mol. The number of morpholine rings is 1. The first-order valence-electron chi connectivity index (χ1n) is 9.22. The second-order valence-electron chi connectivity index (χ2n) is 7.01. The minimum Gasteiger partial charge on any atom is -0.379 e. The number of aromatic nitrogens is 2. The van der Waals surface area contributed by atoms with Gasteiger partial charge >= 0.3 is 0 Å². The van der Waals surface area contributed by atoms with E-state index in [4.69, 9.17) is 21.3 Å². The van der Waals surface area contributed by atoms with Gasteiger partial charge in [0.1, 0.15) is 0 Å². The van der Waals surface area contributed by atoms with Gasteiger partial charge in [-0.05, 0) is 44.1 Å². The lowest BCUT2D eigenvalue weighted by Gasteiger charge is -2.34. The predicted octanol–water partition coefficient (Wildman–Crippen LogP) is 2.79. The lowest BCUT2D eigenvalue weighted by atomic mass is 9.93. The quantitative estimate of drug-likeness (QED) is 0.838. The summed E-state index contributed by atoms with van der Waals surface area (Å²) in [5.41, 5.74) is 1.98. The van der Waals surface area contributed by atoms with Crippen molar-refractivity contribution in [2.45, 2.75) is 18.8 Å². The SMILES string of the molecule is Clc1cnc2nc(C3CCN(CCN4CCOCC4)CC3)ccc2c1. The Balaban J connectivity index is 1.31. The van der Waals surface area contributed by atoms with Crippen molar-refractivity contribution in [2.24, 2.45) is 0 Å². The number of nitrogens with zero attached hydrogens (tertiary/aromatic N) is 4. The molecule has 2 saturated heterocycles. The van der Waals surface area contributed by atoms with Gasteiger partial charge in [-0.1, -0.05) is 11.6 Å². The molecule has 0 radical (unpaired) electrons. The molecule has 0 amide bonds. The third kappa shape index (κ3) is 4.29. The van der Waals surface area contributed by atoms with E-state index in [1.165, 1.54) is 18.5 Å². The second kappa shape index (κ2) is 7.96. The predicted molar refractivity (Wildman–Crippen MR) is 100 cm³/mol. The summed E-state index contributed by atoms with van der Waals surface area (Å²) in [5.74, 6) is 0.543. The Hall–Kier alpha value is -1.27. The van der Waals surface area contributed by atoms with Crippen LogP contribution in [-0.2, 0) is 4.74 Å². The van der Waals surface area contributed by atoms with Crippen LogP contribution < -0.4 is 0 Å². The Morgan fingerprint density at radius 2 is 1.76 bits per heavy atom. The van der Waals surface area contributed by atoms with E-state index in [0.717, 1.165) is 63.5 Å². The fourth-order valence-electron chi connectivity index (χ4n) is 3.79. The van der Waals surface area contributed by atoms with Gasteiger partial charge in [-0.15, -0.1) is 0 Å². The number of piperidine rings is 1. The zero-order valence-electron chi connectivity index (χ0n) is 14.5. The van der Waals surface area contributed by atoms with E-state index in [-0.39, 0.29) is 0 Å². The summed E-state index contributed by atoms with van der Waals surface area (Å²) in [7, 11) is 0. The molecule has 6 heteroatoms. The first-order chi connectivity index (χ1) is 12.3. The molecule has 0 spiro atoms.